The van der Waals surface area contributed by atoms with Crippen molar-refractivity contribution in [1.82, 2.24) is 9.78 Å². The van der Waals surface area contributed by atoms with Gasteiger partial charge in [0, 0.05) is 28.8 Å². The quantitative estimate of drug-likeness (QED) is 0.144. The molecule has 266 valence electrons. The maximum Gasteiger partial charge on any atom is 0.242 e. The van der Waals surface area contributed by atoms with Crippen molar-refractivity contribution in [2.24, 2.45) is 36.1 Å². The summed E-state index contributed by atoms with van der Waals surface area (Å²) in [6.07, 6.45) is 4.26. The maximum absolute atomic E-state index is 15.0. The zero-order chi connectivity index (χ0) is 37.1. The Morgan fingerprint density at radius 2 is 1.74 bits per heavy atom. The molecule has 9 rings (SSSR count). The molecule has 53 heavy (non-hydrogen) atoms. The number of aromatic nitrogens is 2. The first kappa shape index (κ1) is 33.5. The number of aryl methyl sites for hydroxylation is 2. The Morgan fingerprint density at radius 1 is 0.962 bits per heavy atom. The van der Waals surface area contributed by atoms with Gasteiger partial charge in [-0.2, -0.15) is 5.10 Å². The van der Waals surface area contributed by atoms with Crippen molar-refractivity contribution in [2.75, 3.05) is 9.80 Å². The summed E-state index contributed by atoms with van der Waals surface area (Å²) in [5.74, 6) is -4.11. The molecule has 1 N–H and O–H groups in total. The van der Waals surface area contributed by atoms with Crippen LogP contribution in [0.3, 0.4) is 0 Å². The van der Waals surface area contributed by atoms with Crippen molar-refractivity contribution < 1.29 is 24.3 Å². The molecular formula is C42H35ClN4O5S. The number of rotatable bonds is 5. The molecule has 0 radical (unpaired) electrons. The number of phenols is 1. The van der Waals surface area contributed by atoms with Crippen LogP contribution in [-0.4, -0.2) is 38.5 Å². The second-order valence-corrected chi connectivity index (χ2v) is 16.3. The van der Waals surface area contributed by atoms with Crippen molar-refractivity contribution >= 4 is 74.2 Å². The number of carbonyl (C=O) groups excluding carboxylic acids is 4. The average Bonchev–Trinajstić information content (AvgIpc) is 3.81. The minimum absolute atomic E-state index is 0.0326. The van der Waals surface area contributed by atoms with E-state index in [4.69, 9.17) is 16.7 Å². The summed E-state index contributed by atoms with van der Waals surface area (Å²) in [4.78, 5) is 61.6. The number of phenolic OH excluding ortho intramolecular Hbond substituents is 1. The number of nitrogens with zero attached hydrogens (tertiary/aromatic N) is 4. The lowest BCUT2D eigenvalue weighted by atomic mass is 9.51. The molecule has 4 aliphatic rings. The van der Waals surface area contributed by atoms with E-state index in [1.165, 1.54) is 9.80 Å². The largest absolute Gasteiger partial charge is 0.508 e. The van der Waals surface area contributed by atoms with Crippen LogP contribution < -0.4 is 9.80 Å². The van der Waals surface area contributed by atoms with Crippen LogP contribution in [0.15, 0.2) is 91.0 Å². The van der Waals surface area contributed by atoms with Gasteiger partial charge in [0.1, 0.15) is 17.3 Å². The number of aromatic hydroxyl groups is 1. The minimum Gasteiger partial charge on any atom is -0.508 e. The molecule has 3 aromatic carbocycles. The molecule has 1 saturated carbocycles. The van der Waals surface area contributed by atoms with Gasteiger partial charge in [0.2, 0.25) is 23.6 Å². The normalized spacial score (nSPS) is 26.6. The Kier molecular flexibility index (Phi) is 7.49. The minimum atomic E-state index is -1.25. The van der Waals surface area contributed by atoms with Gasteiger partial charge in [-0.05, 0) is 97.1 Å². The van der Waals surface area contributed by atoms with Crippen molar-refractivity contribution in [3.63, 3.8) is 0 Å². The molecule has 5 aromatic rings. The third-order valence-corrected chi connectivity index (χ3v) is 13.6. The first-order chi connectivity index (χ1) is 25.4. The topological polar surface area (TPSA) is 113 Å². The van der Waals surface area contributed by atoms with Gasteiger partial charge in [0.25, 0.3) is 0 Å². The number of fused-ring (bicyclic) bond motifs is 5. The summed E-state index contributed by atoms with van der Waals surface area (Å²) >= 11 is 7.88. The summed E-state index contributed by atoms with van der Waals surface area (Å²) in [6, 6.07) is 21.5. The summed E-state index contributed by atoms with van der Waals surface area (Å²) in [7, 11) is 1.72. The highest BCUT2D eigenvalue weighted by molar-refractivity contribution is 7.22. The number of amides is 4. The Labute approximate surface area is 314 Å². The molecule has 4 heterocycles. The molecule has 2 saturated heterocycles. The van der Waals surface area contributed by atoms with E-state index < -0.39 is 35.0 Å². The smallest absolute Gasteiger partial charge is 0.242 e. The summed E-state index contributed by atoms with van der Waals surface area (Å²) in [5.41, 5.74) is 3.29. The standard InChI is InChI=1S/C42H35ClN4O5S/c1-5-22-9-12-25(13-10-22)46-38(49)28-15-14-27-30(35(28)40(46)51)19-31-39(50)47(41(52)42(31,3)36(27)23-7-6-8-26(48)17-23)34-20-32(44-45(34)4)37-21(2)29-18-24(43)11-16-33(29)53-37/h5-14,16-18,20,28,30-31,35-36,48H,1,15,19H2,2-4H3/t28-,30+,31-,35-,36-,42+/m0/s1. The number of imide groups is 2. The van der Waals surface area contributed by atoms with E-state index in [2.05, 4.69) is 6.58 Å². The molecule has 0 bridgehead atoms. The van der Waals surface area contributed by atoms with Crippen molar-refractivity contribution in [1.29, 1.82) is 0 Å². The van der Waals surface area contributed by atoms with Gasteiger partial charge >= 0.3 is 0 Å². The highest BCUT2D eigenvalue weighted by Crippen LogP contribution is 2.64. The maximum atomic E-state index is 15.0. The van der Waals surface area contributed by atoms with Crippen LogP contribution in [0.25, 0.3) is 26.7 Å². The predicted molar refractivity (Wildman–Crippen MR) is 206 cm³/mol. The van der Waals surface area contributed by atoms with E-state index in [1.807, 2.05) is 56.3 Å². The van der Waals surface area contributed by atoms with Crippen molar-refractivity contribution in [2.45, 2.75) is 32.6 Å². The number of anilines is 2. The summed E-state index contributed by atoms with van der Waals surface area (Å²) < 4.78 is 2.62. The fourth-order valence-corrected chi connectivity index (χ4v) is 10.9. The second-order valence-electron chi connectivity index (χ2n) is 14.8. The van der Waals surface area contributed by atoms with Crippen LogP contribution in [0.4, 0.5) is 11.5 Å². The third kappa shape index (κ3) is 4.71. The molecule has 4 amide bonds. The van der Waals surface area contributed by atoms with Gasteiger partial charge in [-0.15, -0.1) is 11.3 Å². The highest BCUT2D eigenvalue weighted by Gasteiger charge is 2.68. The number of thiophene rings is 1. The molecule has 0 spiro atoms. The lowest BCUT2D eigenvalue weighted by Crippen LogP contribution is -2.48. The number of carbonyl (C=O) groups is 4. The van der Waals surface area contributed by atoms with Gasteiger partial charge in [-0.3, -0.25) is 28.8 Å². The predicted octanol–water partition coefficient (Wildman–Crippen LogP) is 8.05. The molecular weight excluding hydrogens is 708 g/mol. The van der Waals surface area contributed by atoms with Crippen LogP contribution in [0.5, 0.6) is 5.75 Å². The average molecular weight is 743 g/mol. The highest BCUT2D eigenvalue weighted by atomic mass is 35.5. The Morgan fingerprint density at radius 3 is 2.47 bits per heavy atom. The molecule has 2 aromatic heterocycles. The zero-order valence-electron chi connectivity index (χ0n) is 29.2. The number of halogens is 1. The molecule has 9 nitrogen and oxygen atoms in total. The van der Waals surface area contributed by atoms with Crippen LogP contribution in [0.1, 0.15) is 42.4 Å². The molecule has 3 fully saturated rings. The molecule has 11 heteroatoms. The SMILES string of the molecule is C=Cc1ccc(N2C(=O)[C@H]3[C@H](CC=C4[C@H]3C[C@H]3C(=O)N(c5cc(-c6sc7ccc(Cl)cc7c6C)nn5C)C(=O)[C@@]3(C)[C@H]4c3cccc(O)c3)C2=O)cc1. The van der Waals surface area contributed by atoms with Crippen LogP contribution in [0, 0.1) is 36.0 Å². The van der Waals surface area contributed by atoms with E-state index in [0.717, 1.165) is 31.7 Å². The van der Waals surface area contributed by atoms with Crippen LogP contribution in [-0.2, 0) is 26.2 Å². The third-order valence-electron chi connectivity index (χ3n) is 12.1. The van der Waals surface area contributed by atoms with Crippen molar-refractivity contribution in [3.8, 4) is 16.3 Å². The summed E-state index contributed by atoms with van der Waals surface area (Å²) in [6.45, 7) is 7.64. The van der Waals surface area contributed by atoms with E-state index >= 15 is 4.79 Å². The van der Waals surface area contributed by atoms with E-state index in [9.17, 15) is 19.5 Å². The lowest BCUT2D eigenvalue weighted by molar-refractivity contribution is -0.131. The Bertz CT molecular complexity index is 2480. The van der Waals surface area contributed by atoms with Gasteiger partial charge in [-0.1, -0.05) is 60.2 Å². The van der Waals surface area contributed by atoms with Gasteiger partial charge < -0.3 is 5.11 Å². The first-order valence-corrected chi connectivity index (χ1v) is 18.8. The molecule has 0 unspecified atom stereocenters. The van der Waals surface area contributed by atoms with E-state index in [0.29, 0.717) is 34.2 Å². The summed E-state index contributed by atoms with van der Waals surface area (Å²) in [5, 5.41) is 17.1. The van der Waals surface area contributed by atoms with E-state index in [1.54, 1.807) is 65.5 Å². The lowest BCUT2D eigenvalue weighted by Gasteiger charge is -2.49. The zero-order valence-corrected chi connectivity index (χ0v) is 30.8. The Balaban J connectivity index is 1.14. The number of benzene rings is 3. The second kappa shape index (κ2) is 11.8. The van der Waals surface area contributed by atoms with Gasteiger partial charge in [0.15, 0.2) is 0 Å². The van der Waals surface area contributed by atoms with E-state index in [-0.39, 0.29) is 35.8 Å². The number of allylic oxidation sites excluding steroid dienone is 2. The molecule has 6 atom stereocenters. The van der Waals surface area contributed by atoms with Gasteiger partial charge in [0.05, 0.1) is 33.7 Å². The first-order valence-electron chi connectivity index (χ1n) is 17.6. The van der Waals surface area contributed by atoms with Crippen LogP contribution >= 0.6 is 22.9 Å². The van der Waals surface area contributed by atoms with Crippen LogP contribution in [0.2, 0.25) is 5.02 Å². The Hall–Kier alpha value is -5.32. The monoisotopic (exact) mass is 742 g/mol. The van der Waals surface area contributed by atoms with Gasteiger partial charge in [-0.25, -0.2) is 4.90 Å². The molecule has 2 aliphatic heterocycles. The number of hydrogen-bond donors (Lipinski definition) is 1. The molecule has 2 aliphatic carbocycles. The fraction of sp³-hybridized carbons (Fsp3) is 0.262. The number of hydrogen-bond acceptors (Lipinski definition) is 7. The fourth-order valence-electron chi connectivity index (χ4n) is 9.55. The van der Waals surface area contributed by atoms with Crippen molar-refractivity contribution in [3.05, 3.63) is 113 Å².